The van der Waals surface area contributed by atoms with Gasteiger partial charge in [-0.25, -0.2) is 0 Å². The van der Waals surface area contributed by atoms with Crippen LogP contribution in [0.2, 0.25) is 0 Å². The molecule has 1 saturated heterocycles. The summed E-state index contributed by atoms with van der Waals surface area (Å²) in [4.78, 5) is 19.3. The van der Waals surface area contributed by atoms with Crippen molar-refractivity contribution in [3.8, 4) is 17.2 Å². The SMILES string of the molecule is CCOc1ccccc1OC1CCN(C(=O)c2cc(C)c(OCc3cccnc3)c(C)c2)CC1. The number of piperidine rings is 1. The van der Waals surface area contributed by atoms with E-state index in [1.165, 1.54) is 0 Å². The summed E-state index contributed by atoms with van der Waals surface area (Å²) in [6.07, 6.45) is 5.19. The van der Waals surface area contributed by atoms with Gasteiger partial charge in [0.15, 0.2) is 11.5 Å². The van der Waals surface area contributed by atoms with Gasteiger partial charge in [0.1, 0.15) is 18.5 Å². The molecule has 0 radical (unpaired) electrons. The molecular weight excluding hydrogens is 428 g/mol. The molecule has 1 fully saturated rings. The Morgan fingerprint density at radius 2 is 1.71 bits per heavy atom. The summed E-state index contributed by atoms with van der Waals surface area (Å²) >= 11 is 0. The van der Waals surface area contributed by atoms with Crippen LogP contribution in [0, 0.1) is 13.8 Å². The maximum Gasteiger partial charge on any atom is 0.253 e. The number of aromatic nitrogens is 1. The first kappa shape index (κ1) is 23.6. The van der Waals surface area contributed by atoms with Crippen molar-refractivity contribution in [2.24, 2.45) is 0 Å². The van der Waals surface area contributed by atoms with Gasteiger partial charge in [-0.05, 0) is 62.2 Å². The number of para-hydroxylation sites is 2. The fourth-order valence-electron chi connectivity index (χ4n) is 4.30. The molecule has 0 unspecified atom stereocenters. The molecule has 2 aromatic carbocycles. The molecule has 1 aromatic heterocycles. The normalized spacial score (nSPS) is 14.0. The molecule has 0 saturated carbocycles. The lowest BCUT2D eigenvalue weighted by molar-refractivity contribution is 0.0589. The summed E-state index contributed by atoms with van der Waals surface area (Å²) in [5.74, 6) is 2.40. The number of carbonyl (C=O) groups excluding carboxylic acids is 1. The summed E-state index contributed by atoms with van der Waals surface area (Å²) in [7, 11) is 0. The van der Waals surface area contributed by atoms with Crippen LogP contribution in [0.3, 0.4) is 0 Å². The van der Waals surface area contributed by atoms with Gasteiger partial charge in [-0.3, -0.25) is 9.78 Å². The molecule has 2 heterocycles. The highest BCUT2D eigenvalue weighted by atomic mass is 16.5. The first-order valence-electron chi connectivity index (χ1n) is 11.9. The van der Waals surface area contributed by atoms with Gasteiger partial charge in [-0.2, -0.15) is 0 Å². The molecule has 1 aliphatic rings. The number of amides is 1. The highest BCUT2D eigenvalue weighted by Crippen LogP contribution is 2.30. The zero-order chi connectivity index (χ0) is 23.9. The van der Waals surface area contributed by atoms with Crippen molar-refractivity contribution in [2.45, 2.75) is 46.3 Å². The van der Waals surface area contributed by atoms with Crippen LogP contribution in [-0.4, -0.2) is 41.6 Å². The second-order valence-electron chi connectivity index (χ2n) is 8.58. The smallest absolute Gasteiger partial charge is 0.253 e. The Morgan fingerprint density at radius 3 is 2.35 bits per heavy atom. The predicted molar refractivity (Wildman–Crippen MR) is 132 cm³/mol. The third kappa shape index (κ3) is 5.68. The van der Waals surface area contributed by atoms with Crippen LogP contribution in [0.4, 0.5) is 0 Å². The van der Waals surface area contributed by atoms with E-state index in [0.29, 0.717) is 31.9 Å². The topological polar surface area (TPSA) is 60.9 Å². The predicted octanol–water partition coefficient (Wildman–Crippen LogP) is 5.36. The van der Waals surface area contributed by atoms with Crippen molar-refractivity contribution in [3.63, 3.8) is 0 Å². The third-order valence-corrected chi connectivity index (χ3v) is 5.99. The fraction of sp³-hybridized carbons (Fsp3) is 0.357. The van der Waals surface area contributed by atoms with E-state index in [4.69, 9.17) is 14.2 Å². The first-order chi connectivity index (χ1) is 16.5. The van der Waals surface area contributed by atoms with Crippen LogP contribution in [0.1, 0.15) is 46.8 Å². The van der Waals surface area contributed by atoms with E-state index in [1.807, 2.05) is 74.2 Å². The molecule has 6 nitrogen and oxygen atoms in total. The van der Waals surface area contributed by atoms with Gasteiger partial charge in [0.25, 0.3) is 5.91 Å². The Bertz CT molecular complexity index is 1090. The molecule has 0 N–H and O–H groups in total. The summed E-state index contributed by atoms with van der Waals surface area (Å²) in [5, 5.41) is 0. The van der Waals surface area contributed by atoms with Crippen molar-refractivity contribution in [2.75, 3.05) is 19.7 Å². The average Bonchev–Trinajstić information content (AvgIpc) is 2.85. The average molecular weight is 461 g/mol. The van der Waals surface area contributed by atoms with Crippen molar-refractivity contribution >= 4 is 5.91 Å². The zero-order valence-electron chi connectivity index (χ0n) is 20.1. The zero-order valence-corrected chi connectivity index (χ0v) is 20.1. The van der Waals surface area contributed by atoms with Gasteiger partial charge in [0, 0.05) is 49.5 Å². The van der Waals surface area contributed by atoms with Crippen molar-refractivity contribution in [1.82, 2.24) is 9.88 Å². The van der Waals surface area contributed by atoms with Crippen molar-refractivity contribution < 1.29 is 19.0 Å². The van der Waals surface area contributed by atoms with Crippen molar-refractivity contribution in [3.05, 3.63) is 83.2 Å². The Labute approximate surface area is 201 Å². The summed E-state index contributed by atoms with van der Waals surface area (Å²) in [5.41, 5.74) is 3.62. The number of carbonyl (C=O) groups is 1. The number of pyridine rings is 1. The Hall–Kier alpha value is -3.54. The molecule has 1 amide bonds. The van der Waals surface area contributed by atoms with E-state index in [1.54, 1.807) is 12.4 Å². The van der Waals surface area contributed by atoms with Crippen LogP contribution >= 0.6 is 0 Å². The summed E-state index contributed by atoms with van der Waals surface area (Å²) < 4.78 is 17.9. The summed E-state index contributed by atoms with van der Waals surface area (Å²) in [6, 6.07) is 15.5. The molecule has 3 aromatic rings. The van der Waals surface area contributed by atoms with Gasteiger partial charge in [0.2, 0.25) is 0 Å². The Morgan fingerprint density at radius 1 is 1.00 bits per heavy atom. The fourth-order valence-corrected chi connectivity index (χ4v) is 4.30. The van der Waals surface area contributed by atoms with E-state index >= 15 is 0 Å². The Kier molecular flexibility index (Phi) is 7.68. The van der Waals surface area contributed by atoms with Gasteiger partial charge >= 0.3 is 0 Å². The lowest BCUT2D eigenvalue weighted by Gasteiger charge is -2.32. The molecule has 178 valence electrons. The van der Waals surface area contributed by atoms with Gasteiger partial charge in [-0.15, -0.1) is 0 Å². The number of ether oxygens (including phenoxy) is 3. The molecule has 0 bridgehead atoms. The quantitative estimate of drug-likeness (QED) is 0.453. The molecular formula is C28H32N2O4. The number of benzene rings is 2. The number of likely N-dealkylation sites (tertiary alicyclic amines) is 1. The van der Waals surface area contributed by atoms with E-state index < -0.39 is 0 Å². The van der Waals surface area contributed by atoms with Crippen LogP contribution < -0.4 is 14.2 Å². The number of hydrogen-bond acceptors (Lipinski definition) is 5. The maximum atomic E-state index is 13.2. The number of aryl methyl sites for hydroxylation is 2. The van der Waals surface area contributed by atoms with Crippen molar-refractivity contribution in [1.29, 1.82) is 0 Å². The van der Waals surface area contributed by atoms with Crippen LogP contribution in [0.25, 0.3) is 0 Å². The van der Waals surface area contributed by atoms with E-state index in [9.17, 15) is 4.79 Å². The van der Waals surface area contributed by atoms with Gasteiger partial charge < -0.3 is 19.1 Å². The molecule has 0 spiro atoms. The standard InChI is InChI=1S/C28H32N2O4/c1-4-32-25-9-5-6-10-26(25)34-24-11-14-30(15-12-24)28(31)23-16-20(2)27(21(3)17-23)33-19-22-8-7-13-29-18-22/h5-10,13,16-18,24H,4,11-12,14-15,19H2,1-3H3. The van der Waals surface area contributed by atoms with Crippen LogP contribution in [0.5, 0.6) is 17.2 Å². The number of nitrogens with zero attached hydrogens (tertiary/aromatic N) is 2. The van der Waals surface area contributed by atoms with Gasteiger partial charge in [-0.1, -0.05) is 18.2 Å². The highest BCUT2D eigenvalue weighted by Gasteiger charge is 2.26. The maximum absolute atomic E-state index is 13.2. The Balaban J connectivity index is 1.35. The van der Waals surface area contributed by atoms with Crippen LogP contribution in [-0.2, 0) is 6.61 Å². The molecule has 4 rings (SSSR count). The van der Waals surface area contributed by atoms with E-state index in [2.05, 4.69) is 4.98 Å². The lowest BCUT2D eigenvalue weighted by atomic mass is 10.0. The molecule has 1 aliphatic heterocycles. The first-order valence-corrected chi connectivity index (χ1v) is 11.9. The number of hydrogen-bond donors (Lipinski definition) is 0. The minimum atomic E-state index is 0.0539. The van der Waals surface area contributed by atoms with Crippen LogP contribution in [0.15, 0.2) is 60.9 Å². The lowest BCUT2D eigenvalue weighted by Crippen LogP contribution is -2.41. The molecule has 0 atom stereocenters. The third-order valence-electron chi connectivity index (χ3n) is 5.99. The minimum absolute atomic E-state index is 0.0539. The monoisotopic (exact) mass is 460 g/mol. The second-order valence-corrected chi connectivity index (χ2v) is 8.58. The minimum Gasteiger partial charge on any atom is -0.490 e. The second kappa shape index (κ2) is 11.1. The molecule has 0 aliphatic carbocycles. The van der Waals surface area contributed by atoms with E-state index in [-0.39, 0.29) is 12.0 Å². The summed E-state index contributed by atoms with van der Waals surface area (Å²) in [6.45, 7) is 8.30. The van der Waals surface area contributed by atoms with E-state index in [0.717, 1.165) is 46.8 Å². The largest absolute Gasteiger partial charge is 0.490 e. The highest BCUT2D eigenvalue weighted by molar-refractivity contribution is 5.95. The molecule has 34 heavy (non-hydrogen) atoms. The molecule has 6 heteroatoms. The number of rotatable bonds is 8. The van der Waals surface area contributed by atoms with Gasteiger partial charge in [0.05, 0.1) is 6.61 Å².